The van der Waals surface area contributed by atoms with E-state index in [4.69, 9.17) is 47.7 Å². The molecule has 0 saturated carbocycles. The Kier molecular flexibility index (Phi) is 11.1. The first kappa shape index (κ1) is 34.0. The molecule has 230 valence electrons. The van der Waals surface area contributed by atoms with Crippen molar-refractivity contribution in [1.29, 1.82) is 0 Å². The van der Waals surface area contributed by atoms with Crippen molar-refractivity contribution in [1.82, 2.24) is 24.6 Å². The highest BCUT2D eigenvalue weighted by molar-refractivity contribution is 8.13. The van der Waals surface area contributed by atoms with E-state index in [0.29, 0.717) is 0 Å². The van der Waals surface area contributed by atoms with Crippen molar-refractivity contribution in [2.75, 3.05) is 24.7 Å². The summed E-state index contributed by atoms with van der Waals surface area (Å²) in [5.41, 5.74) is 5.63. The summed E-state index contributed by atoms with van der Waals surface area (Å²) >= 11 is 12.8. The Hall–Kier alpha value is -1.49. The summed E-state index contributed by atoms with van der Waals surface area (Å²) in [6.45, 7) is 6.41. The zero-order valence-electron chi connectivity index (χ0n) is 23.4. The van der Waals surface area contributed by atoms with Crippen molar-refractivity contribution in [2.24, 2.45) is 5.41 Å². The molecule has 1 fully saturated rings. The largest absolute Gasteiger partial charge is 0.462 e. The zero-order valence-corrected chi connectivity index (χ0v) is 26.7. The number of aliphatic hydroxyl groups is 1. The van der Waals surface area contributed by atoms with Crippen LogP contribution in [0.2, 0.25) is 0 Å². The molecule has 0 amide bonds. The fourth-order valence-corrected chi connectivity index (χ4v) is 7.13. The number of halogens is 2. The molecular formula is C23H35ClFN6O7PS2. The number of thioether (sulfide) groups is 1. The maximum atomic E-state index is 15.6. The molecule has 0 spiro atoms. The van der Waals surface area contributed by atoms with Gasteiger partial charge >= 0.3 is 5.97 Å². The number of esters is 1. The Bertz CT molecular complexity index is 1300. The van der Waals surface area contributed by atoms with Gasteiger partial charge in [-0.25, -0.2) is 24.4 Å². The van der Waals surface area contributed by atoms with E-state index in [-0.39, 0.29) is 40.6 Å². The summed E-state index contributed by atoms with van der Waals surface area (Å²) in [7, 11) is 0. The van der Waals surface area contributed by atoms with Gasteiger partial charge < -0.3 is 29.4 Å². The van der Waals surface area contributed by atoms with Crippen molar-refractivity contribution >= 4 is 69.9 Å². The fourth-order valence-electron chi connectivity index (χ4n) is 3.56. The van der Waals surface area contributed by atoms with Crippen molar-refractivity contribution < 1.29 is 37.6 Å². The molecule has 2 aromatic rings. The number of hydrogen-bond acceptors (Lipinski definition) is 13. The SMILES string of the molecule is CC(C)OC(=O)C(C)NP(=S)(OCCSC(=O)C(C)(C)C)OCC1OC(n2cnc3c(N)ncnc32)C(F)(Cl)C1O. The summed E-state index contributed by atoms with van der Waals surface area (Å²) in [5, 5.41) is 10.7. The molecule has 0 aromatic carbocycles. The molecule has 1 saturated heterocycles. The van der Waals surface area contributed by atoms with Crippen LogP contribution in [0, 0.1) is 5.41 Å². The third kappa shape index (κ3) is 8.33. The van der Waals surface area contributed by atoms with E-state index in [1.807, 2.05) is 0 Å². The van der Waals surface area contributed by atoms with E-state index < -0.39 is 54.2 Å². The van der Waals surface area contributed by atoms with Gasteiger partial charge in [-0.05, 0) is 32.6 Å². The number of nitrogens with two attached hydrogens (primary N) is 1. The molecule has 0 radical (unpaired) electrons. The lowest BCUT2D eigenvalue weighted by Gasteiger charge is -2.28. The van der Waals surface area contributed by atoms with Crippen LogP contribution in [-0.2, 0) is 39.9 Å². The van der Waals surface area contributed by atoms with Gasteiger partial charge in [-0.1, -0.05) is 44.1 Å². The molecule has 0 bridgehead atoms. The summed E-state index contributed by atoms with van der Waals surface area (Å²) < 4.78 is 39.5. The standard InChI is InChI=1S/C23H35ClFN6O7PS2/c1-12(2)37-19(33)13(3)30-39(40,35-7-8-41-21(34)22(4,5)6)36-9-14-16(32)23(24,25)20(38-14)31-11-29-15-17(26)27-10-28-18(15)31/h10-14,16,20,32H,7-9H2,1-6H3,(H,30,40)(H2,26,27,28). The number of alkyl halides is 2. The monoisotopic (exact) mass is 656 g/mol. The number of aromatic nitrogens is 4. The van der Waals surface area contributed by atoms with Crippen molar-refractivity contribution in [3.05, 3.63) is 12.7 Å². The van der Waals surface area contributed by atoms with E-state index in [2.05, 4.69) is 20.0 Å². The lowest BCUT2D eigenvalue weighted by molar-refractivity contribution is -0.149. The number of aliphatic hydroxyl groups excluding tert-OH is 1. The second-order valence-electron chi connectivity index (χ2n) is 10.6. The average molecular weight is 657 g/mol. The number of nitrogen functional groups attached to an aromatic ring is 1. The van der Waals surface area contributed by atoms with Gasteiger partial charge in [-0.2, -0.15) is 0 Å². The van der Waals surface area contributed by atoms with Gasteiger partial charge in [0.2, 0.25) is 0 Å². The quantitative estimate of drug-likeness (QED) is 0.132. The minimum absolute atomic E-state index is 0.00409. The van der Waals surface area contributed by atoms with Gasteiger partial charge in [0.15, 0.2) is 22.8 Å². The highest BCUT2D eigenvalue weighted by Crippen LogP contribution is 2.49. The van der Waals surface area contributed by atoms with E-state index in [0.717, 1.165) is 11.8 Å². The van der Waals surface area contributed by atoms with Crippen LogP contribution in [0.1, 0.15) is 47.8 Å². The van der Waals surface area contributed by atoms with E-state index >= 15 is 4.39 Å². The maximum Gasteiger partial charge on any atom is 0.323 e. The van der Waals surface area contributed by atoms with Crippen LogP contribution in [0.3, 0.4) is 0 Å². The van der Waals surface area contributed by atoms with Crippen LogP contribution in [-0.4, -0.2) is 84.2 Å². The third-order valence-corrected chi connectivity index (χ3v) is 9.99. The molecule has 6 atom stereocenters. The highest BCUT2D eigenvalue weighted by Gasteiger charge is 2.58. The molecule has 6 unspecified atom stereocenters. The number of carbonyl (C=O) groups excluding carboxylic acids is 2. The Labute approximate surface area is 251 Å². The van der Waals surface area contributed by atoms with Gasteiger partial charge in [0.25, 0.3) is 11.8 Å². The number of anilines is 1. The van der Waals surface area contributed by atoms with Gasteiger partial charge in [-0.15, -0.1) is 0 Å². The van der Waals surface area contributed by atoms with Crippen molar-refractivity contribution in [3.63, 3.8) is 0 Å². The molecule has 0 aliphatic carbocycles. The number of carbonyl (C=O) groups is 2. The molecule has 41 heavy (non-hydrogen) atoms. The molecule has 18 heteroatoms. The van der Waals surface area contributed by atoms with Crippen LogP contribution < -0.4 is 10.8 Å². The number of hydrogen-bond donors (Lipinski definition) is 3. The number of ether oxygens (including phenoxy) is 2. The van der Waals surface area contributed by atoms with Gasteiger partial charge in [-0.3, -0.25) is 14.2 Å². The second kappa shape index (κ2) is 13.4. The van der Waals surface area contributed by atoms with Crippen LogP contribution in [0.5, 0.6) is 0 Å². The predicted molar refractivity (Wildman–Crippen MR) is 156 cm³/mol. The summed E-state index contributed by atoms with van der Waals surface area (Å²) in [4.78, 5) is 36.7. The van der Waals surface area contributed by atoms with Crippen molar-refractivity contribution in [3.8, 4) is 0 Å². The number of rotatable bonds is 12. The highest BCUT2D eigenvalue weighted by atomic mass is 35.5. The molecule has 3 rings (SSSR count). The first-order valence-corrected chi connectivity index (χ1v) is 16.7. The number of fused-ring (bicyclic) bond motifs is 1. The zero-order chi connectivity index (χ0) is 30.8. The molecule has 1 aliphatic heterocycles. The number of nitrogens with one attached hydrogen (secondary N) is 1. The van der Waals surface area contributed by atoms with E-state index in [1.165, 1.54) is 24.1 Å². The Morgan fingerprint density at radius 3 is 2.66 bits per heavy atom. The summed E-state index contributed by atoms with van der Waals surface area (Å²) in [6.07, 6.45) is -2.70. The predicted octanol–water partition coefficient (Wildman–Crippen LogP) is 3.06. The van der Waals surface area contributed by atoms with E-state index in [1.54, 1.807) is 34.6 Å². The Morgan fingerprint density at radius 2 is 2.02 bits per heavy atom. The summed E-state index contributed by atoms with van der Waals surface area (Å²) in [6, 6.07) is -0.926. The first-order valence-electron chi connectivity index (χ1n) is 12.6. The lowest BCUT2D eigenvalue weighted by atomic mass is 10.00. The smallest absolute Gasteiger partial charge is 0.323 e. The Morgan fingerprint density at radius 1 is 1.34 bits per heavy atom. The minimum Gasteiger partial charge on any atom is -0.462 e. The Balaban J connectivity index is 1.74. The molecule has 2 aromatic heterocycles. The van der Waals surface area contributed by atoms with Crippen molar-refractivity contribution in [2.45, 2.75) is 77.3 Å². The normalized spacial score (nSPS) is 25.4. The first-order chi connectivity index (χ1) is 19.0. The molecule has 4 N–H and O–H groups in total. The fraction of sp³-hybridized carbons (Fsp3) is 0.696. The molecule has 3 heterocycles. The van der Waals surface area contributed by atoms with Gasteiger partial charge in [0.05, 0.1) is 25.6 Å². The molecule has 1 aliphatic rings. The second-order valence-corrected chi connectivity index (χ2v) is 15.4. The number of nitrogens with zero attached hydrogens (tertiary/aromatic N) is 4. The molecular weight excluding hydrogens is 622 g/mol. The average Bonchev–Trinajstić information content (AvgIpc) is 3.38. The topological polar surface area (TPSA) is 173 Å². The maximum absolute atomic E-state index is 15.6. The van der Waals surface area contributed by atoms with Gasteiger partial charge in [0.1, 0.15) is 30.1 Å². The number of imidazole rings is 1. The van der Waals surface area contributed by atoms with Crippen LogP contribution >= 0.6 is 30.0 Å². The van der Waals surface area contributed by atoms with Crippen LogP contribution in [0.4, 0.5) is 10.2 Å². The van der Waals surface area contributed by atoms with Crippen LogP contribution in [0.15, 0.2) is 12.7 Å². The minimum atomic E-state index is -3.47. The van der Waals surface area contributed by atoms with Gasteiger partial charge in [0, 0.05) is 11.2 Å². The lowest BCUT2D eigenvalue weighted by Crippen LogP contribution is -2.39. The third-order valence-electron chi connectivity index (χ3n) is 5.68. The molecule has 13 nitrogen and oxygen atoms in total. The summed E-state index contributed by atoms with van der Waals surface area (Å²) in [5.74, 6) is -0.251. The van der Waals surface area contributed by atoms with Crippen LogP contribution in [0.25, 0.3) is 11.2 Å². The van der Waals surface area contributed by atoms with E-state index in [9.17, 15) is 14.7 Å².